The maximum Gasteiger partial charge on any atom is 0.0991 e. The molecule has 0 fully saturated rings. The maximum absolute atomic E-state index is 8.82. The minimum atomic E-state index is 0.690. The number of hydrogen-bond acceptors (Lipinski definition) is 1. The highest BCUT2D eigenvalue weighted by molar-refractivity contribution is 14.1. The first-order valence-electron chi connectivity index (χ1n) is 5.22. The first-order chi connectivity index (χ1) is 8.29. The number of nitrogens with zero attached hydrogens (tertiary/aromatic N) is 1. The largest absolute Gasteiger partial charge is 0.192 e. The van der Waals surface area contributed by atoms with Gasteiger partial charge in [-0.15, -0.1) is 0 Å². The second-order valence-electron chi connectivity index (χ2n) is 3.59. The molecule has 0 heterocycles. The predicted octanol–water partition coefficient (Wildman–Crippen LogP) is 4.33. The van der Waals surface area contributed by atoms with E-state index in [4.69, 9.17) is 5.26 Å². The molecule has 0 aliphatic heterocycles. The number of halogens is 1. The molecule has 0 spiro atoms. The lowest BCUT2D eigenvalue weighted by Gasteiger charge is -1.97. The molecule has 0 N–H and O–H groups in total. The molecule has 0 bridgehead atoms. The second-order valence-corrected chi connectivity index (χ2v) is 4.75. The molecule has 0 unspecified atom stereocenters. The van der Waals surface area contributed by atoms with Gasteiger partial charge in [0.1, 0.15) is 0 Å². The molecular formula is C15H10IN. The Balaban J connectivity index is 2.27. The second kappa shape index (κ2) is 5.65. The van der Waals surface area contributed by atoms with Crippen LogP contribution in [0.1, 0.15) is 16.7 Å². The van der Waals surface area contributed by atoms with Crippen LogP contribution >= 0.6 is 22.6 Å². The van der Waals surface area contributed by atoms with Crippen molar-refractivity contribution in [3.63, 3.8) is 0 Å². The van der Waals surface area contributed by atoms with Crippen LogP contribution in [-0.4, -0.2) is 0 Å². The first kappa shape index (κ1) is 11.9. The van der Waals surface area contributed by atoms with Gasteiger partial charge in [-0.3, -0.25) is 0 Å². The Bertz CT molecular complexity index is 594. The third kappa shape index (κ3) is 3.18. The Morgan fingerprint density at radius 3 is 2.59 bits per heavy atom. The minimum Gasteiger partial charge on any atom is -0.192 e. The van der Waals surface area contributed by atoms with Crippen molar-refractivity contribution in [3.05, 3.63) is 68.8 Å². The molecule has 0 aromatic heterocycles. The van der Waals surface area contributed by atoms with Crippen molar-refractivity contribution >= 4 is 34.7 Å². The lowest BCUT2D eigenvalue weighted by Crippen LogP contribution is -1.79. The molecule has 2 rings (SSSR count). The highest BCUT2D eigenvalue weighted by Gasteiger charge is 1.94. The third-order valence-corrected chi connectivity index (χ3v) is 3.36. The van der Waals surface area contributed by atoms with Crippen molar-refractivity contribution in [2.45, 2.75) is 0 Å². The van der Waals surface area contributed by atoms with Gasteiger partial charge >= 0.3 is 0 Å². The van der Waals surface area contributed by atoms with Gasteiger partial charge in [-0.25, -0.2) is 0 Å². The molecule has 17 heavy (non-hydrogen) atoms. The highest BCUT2D eigenvalue weighted by Crippen LogP contribution is 2.15. The summed E-state index contributed by atoms with van der Waals surface area (Å²) in [5.41, 5.74) is 2.93. The van der Waals surface area contributed by atoms with Gasteiger partial charge in [0.05, 0.1) is 11.6 Å². The lowest BCUT2D eigenvalue weighted by atomic mass is 10.1. The molecule has 0 saturated carbocycles. The number of benzene rings is 2. The van der Waals surface area contributed by atoms with E-state index in [9.17, 15) is 0 Å². The molecule has 2 aromatic carbocycles. The van der Waals surface area contributed by atoms with E-state index in [0.29, 0.717) is 5.56 Å². The first-order valence-corrected chi connectivity index (χ1v) is 6.30. The zero-order valence-corrected chi connectivity index (χ0v) is 11.3. The summed E-state index contributed by atoms with van der Waals surface area (Å²) in [4.78, 5) is 0. The smallest absolute Gasteiger partial charge is 0.0991 e. The molecule has 82 valence electrons. The van der Waals surface area contributed by atoms with Crippen molar-refractivity contribution in [2.75, 3.05) is 0 Å². The van der Waals surface area contributed by atoms with Crippen LogP contribution in [0.25, 0.3) is 12.2 Å². The summed E-state index contributed by atoms with van der Waals surface area (Å²) < 4.78 is 1.22. The standard InChI is InChI=1S/C15H10IN/c16-15-7-2-1-6-14(15)9-8-12-4-3-5-13(10-12)11-17/h1-10H. The van der Waals surface area contributed by atoms with Gasteiger partial charge in [-0.1, -0.05) is 42.5 Å². The van der Waals surface area contributed by atoms with E-state index in [2.05, 4.69) is 46.9 Å². The zero-order chi connectivity index (χ0) is 12.1. The van der Waals surface area contributed by atoms with Crippen LogP contribution in [-0.2, 0) is 0 Å². The van der Waals surface area contributed by atoms with E-state index < -0.39 is 0 Å². The molecule has 0 radical (unpaired) electrons. The highest BCUT2D eigenvalue weighted by atomic mass is 127. The Labute approximate surface area is 115 Å². The van der Waals surface area contributed by atoms with Gasteiger partial charge in [0, 0.05) is 3.57 Å². The molecule has 0 saturated heterocycles. The predicted molar refractivity (Wildman–Crippen MR) is 79.2 cm³/mol. The van der Waals surface area contributed by atoms with E-state index in [1.165, 1.54) is 9.13 Å². The fourth-order valence-electron chi connectivity index (χ4n) is 1.51. The van der Waals surface area contributed by atoms with E-state index in [-0.39, 0.29) is 0 Å². The van der Waals surface area contributed by atoms with Crippen molar-refractivity contribution in [1.29, 1.82) is 5.26 Å². The van der Waals surface area contributed by atoms with Crippen LogP contribution in [0.15, 0.2) is 48.5 Å². The Morgan fingerprint density at radius 2 is 1.82 bits per heavy atom. The molecule has 0 amide bonds. The van der Waals surface area contributed by atoms with Gasteiger partial charge in [-0.05, 0) is 51.9 Å². The quantitative estimate of drug-likeness (QED) is 0.593. The normalized spacial score (nSPS) is 10.4. The van der Waals surface area contributed by atoms with E-state index in [1.54, 1.807) is 0 Å². The average molecular weight is 331 g/mol. The third-order valence-electron chi connectivity index (χ3n) is 2.38. The monoisotopic (exact) mass is 331 g/mol. The molecule has 2 heteroatoms. The van der Waals surface area contributed by atoms with Gasteiger partial charge in [0.2, 0.25) is 0 Å². The van der Waals surface area contributed by atoms with Gasteiger partial charge < -0.3 is 0 Å². The molecule has 2 aromatic rings. The minimum absolute atomic E-state index is 0.690. The fourth-order valence-corrected chi connectivity index (χ4v) is 2.08. The summed E-state index contributed by atoms with van der Waals surface area (Å²) in [5.74, 6) is 0. The van der Waals surface area contributed by atoms with Crippen LogP contribution in [0.5, 0.6) is 0 Å². The van der Waals surface area contributed by atoms with Gasteiger partial charge in [-0.2, -0.15) is 5.26 Å². The van der Waals surface area contributed by atoms with Crippen LogP contribution in [0.2, 0.25) is 0 Å². The van der Waals surface area contributed by atoms with Crippen molar-refractivity contribution in [2.24, 2.45) is 0 Å². The summed E-state index contributed by atoms with van der Waals surface area (Å²) in [5, 5.41) is 8.82. The van der Waals surface area contributed by atoms with Crippen molar-refractivity contribution in [1.82, 2.24) is 0 Å². The summed E-state index contributed by atoms with van der Waals surface area (Å²) >= 11 is 2.31. The number of rotatable bonds is 2. The van der Waals surface area contributed by atoms with Gasteiger partial charge in [0.25, 0.3) is 0 Å². The SMILES string of the molecule is N#Cc1cccc(C=Cc2ccccc2I)c1. The molecule has 1 nitrogen and oxygen atoms in total. The summed E-state index contributed by atoms with van der Waals surface area (Å²) in [6.07, 6.45) is 4.09. The Morgan fingerprint density at radius 1 is 1.00 bits per heavy atom. The lowest BCUT2D eigenvalue weighted by molar-refractivity contribution is 1.48. The molecule has 0 atom stereocenters. The topological polar surface area (TPSA) is 23.8 Å². The number of hydrogen-bond donors (Lipinski definition) is 0. The number of nitriles is 1. The Kier molecular flexibility index (Phi) is 3.94. The molecule has 0 aliphatic carbocycles. The summed E-state index contributed by atoms with van der Waals surface area (Å²) in [6, 6.07) is 17.9. The van der Waals surface area contributed by atoms with Crippen LogP contribution < -0.4 is 0 Å². The van der Waals surface area contributed by atoms with Crippen LogP contribution in [0.3, 0.4) is 0 Å². The maximum atomic E-state index is 8.82. The van der Waals surface area contributed by atoms with Crippen LogP contribution in [0.4, 0.5) is 0 Å². The van der Waals surface area contributed by atoms with Crippen molar-refractivity contribution < 1.29 is 0 Å². The van der Waals surface area contributed by atoms with E-state index in [0.717, 1.165) is 5.56 Å². The molecular weight excluding hydrogens is 321 g/mol. The van der Waals surface area contributed by atoms with Crippen molar-refractivity contribution in [3.8, 4) is 6.07 Å². The average Bonchev–Trinajstić information content (AvgIpc) is 2.38. The van der Waals surface area contributed by atoms with E-state index in [1.807, 2.05) is 42.5 Å². The summed E-state index contributed by atoms with van der Waals surface area (Å²) in [6.45, 7) is 0. The Hall–Kier alpha value is -1.60. The van der Waals surface area contributed by atoms with Gasteiger partial charge in [0.15, 0.2) is 0 Å². The van der Waals surface area contributed by atoms with Crippen LogP contribution in [0, 0.1) is 14.9 Å². The fraction of sp³-hybridized carbons (Fsp3) is 0. The molecule has 0 aliphatic rings. The summed E-state index contributed by atoms with van der Waals surface area (Å²) in [7, 11) is 0. The zero-order valence-electron chi connectivity index (χ0n) is 9.10. The van der Waals surface area contributed by atoms with E-state index >= 15 is 0 Å².